The molecule has 0 saturated heterocycles. The average Bonchev–Trinajstić information content (AvgIpc) is 2.01. The molecule has 78 valence electrons. The van der Waals surface area contributed by atoms with Crippen molar-refractivity contribution in [2.75, 3.05) is 0 Å². The molecule has 3 nitrogen and oxygen atoms in total. The number of aromatic nitrogens is 1. The van der Waals surface area contributed by atoms with Gasteiger partial charge < -0.3 is 9.84 Å². The number of halogens is 4. The third kappa shape index (κ3) is 2.95. The lowest BCUT2D eigenvalue weighted by molar-refractivity contribution is -0.275. The Kier molecular flexibility index (Phi) is 3.05. The Morgan fingerprint density at radius 1 is 1.50 bits per heavy atom. The Hall–Kier alpha value is -1.17. The van der Waals surface area contributed by atoms with Gasteiger partial charge in [0.15, 0.2) is 5.75 Å². The van der Waals surface area contributed by atoms with Gasteiger partial charge in [0, 0.05) is 6.07 Å². The lowest BCUT2D eigenvalue weighted by Gasteiger charge is -2.11. The van der Waals surface area contributed by atoms with Crippen molar-refractivity contribution < 1.29 is 23.0 Å². The number of nitrogens with zero attached hydrogens (tertiary/aromatic N) is 1. The van der Waals surface area contributed by atoms with Crippen LogP contribution in [-0.4, -0.2) is 16.5 Å². The molecule has 0 aliphatic rings. The molecule has 1 heterocycles. The number of alkyl halides is 4. The van der Waals surface area contributed by atoms with Crippen LogP contribution in [0.2, 0.25) is 0 Å². The van der Waals surface area contributed by atoms with Crippen molar-refractivity contribution in [3.05, 3.63) is 18.0 Å². The fourth-order valence-corrected chi connectivity index (χ4v) is 0.977. The van der Waals surface area contributed by atoms with Crippen LogP contribution in [0.4, 0.5) is 13.2 Å². The third-order valence-electron chi connectivity index (χ3n) is 1.27. The molecular weight excluding hydrogens is 223 g/mol. The summed E-state index contributed by atoms with van der Waals surface area (Å²) in [5.41, 5.74) is -0.0817. The summed E-state index contributed by atoms with van der Waals surface area (Å²) in [7, 11) is 0. The number of rotatable bonds is 2. The molecule has 1 aromatic rings. The van der Waals surface area contributed by atoms with E-state index in [1.165, 1.54) is 0 Å². The van der Waals surface area contributed by atoms with Crippen molar-refractivity contribution >= 4 is 11.6 Å². The van der Waals surface area contributed by atoms with E-state index in [1.807, 2.05) is 0 Å². The first-order valence-electron chi connectivity index (χ1n) is 3.42. The van der Waals surface area contributed by atoms with Crippen LogP contribution in [0, 0.1) is 0 Å². The van der Waals surface area contributed by atoms with Gasteiger partial charge in [0.05, 0.1) is 17.8 Å². The Morgan fingerprint density at radius 2 is 2.14 bits per heavy atom. The summed E-state index contributed by atoms with van der Waals surface area (Å²) in [6.45, 7) is 0. The second-order valence-corrected chi connectivity index (χ2v) is 2.59. The Morgan fingerprint density at radius 3 is 2.64 bits per heavy atom. The number of hydrogen-bond acceptors (Lipinski definition) is 3. The number of hydrogen-bond donors (Lipinski definition) is 1. The number of pyridine rings is 1. The maximum atomic E-state index is 11.8. The molecule has 1 rings (SSSR count). The molecule has 7 heteroatoms. The topological polar surface area (TPSA) is 42.4 Å². The smallest absolute Gasteiger partial charge is 0.506 e. The molecule has 0 spiro atoms. The predicted molar refractivity (Wildman–Crippen MR) is 42.1 cm³/mol. The van der Waals surface area contributed by atoms with Crippen LogP contribution < -0.4 is 4.74 Å². The number of aromatic hydroxyl groups is 1. The normalized spacial score (nSPS) is 11.4. The van der Waals surface area contributed by atoms with E-state index in [0.29, 0.717) is 0 Å². The molecule has 0 aliphatic carbocycles. The van der Waals surface area contributed by atoms with Crippen molar-refractivity contribution in [3.8, 4) is 11.5 Å². The Bertz CT molecular complexity index is 329. The summed E-state index contributed by atoms with van der Waals surface area (Å²) in [6.07, 6.45) is -3.84. The Balaban J connectivity index is 2.99. The molecule has 14 heavy (non-hydrogen) atoms. The van der Waals surface area contributed by atoms with Gasteiger partial charge in [-0.05, 0) is 0 Å². The molecule has 0 amide bonds. The molecule has 0 saturated carbocycles. The summed E-state index contributed by atoms with van der Waals surface area (Å²) in [4.78, 5) is 3.47. The van der Waals surface area contributed by atoms with Crippen LogP contribution in [0.15, 0.2) is 12.3 Å². The van der Waals surface area contributed by atoms with Gasteiger partial charge in [-0.3, -0.25) is 4.98 Å². The first-order valence-corrected chi connectivity index (χ1v) is 3.95. The minimum atomic E-state index is -4.82. The largest absolute Gasteiger partial charge is 0.573 e. The third-order valence-corrected chi connectivity index (χ3v) is 1.52. The highest BCUT2D eigenvalue weighted by Gasteiger charge is 2.32. The van der Waals surface area contributed by atoms with Gasteiger partial charge in [-0.15, -0.1) is 24.8 Å². The lowest BCUT2D eigenvalue weighted by Crippen LogP contribution is -2.18. The summed E-state index contributed by atoms with van der Waals surface area (Å²) in [6, 6.07) is 0.804. The highest BCUT2D eigenvalue weighted by Crippen LogP contribution is 2.28. The van der Waals surface area contributed by atoms with Gasteiger partial charge in [-0.2, -0.15) is 0 Å². The number of ether oxygens (including phenoxy) is 1. The minimum absolute atomic E-state index is 0.0817. The fraction of sp³-hybridized carbons (Fsp3) is 0.286. The van der Waals surface area contributed by atoms with Gasteiger partial charge in [0.1, 0.15) is 5.75 Å². The predicted octanol–water partition coefficient (Wildman–Crippen LogP) is 2.42. The van der Waals surface area contributed by atoms with E-state index in [4.69, 9.17) is 16.7 Å². The molecule has 1 aromatic heterocycles. The van der Waals surface area contributed by atoms with E-state index in [9.17, 15) is 13.2 Å². The van der Waals surface area contributed by atoms with Crippen molar-refractivity contribution in [3.63, 3.8) is 0 Å². The van der Waals surface area contributed by atoms with E-state index in [-0.39, 0.29) is 11.6 Å². The van der Waals surface area contributed by atoms with E-state index >= 15 is 0 Å². The molecule has 0 radical (unpaired) electrons. The molecule has 0 aliphatic heterocycles. The summed E-state index contributed by atoms with van der Waals surface area (Å²) in [5.74, 6) is -1.24. The zero-order valence-electron chi connectivity index (χ0n) is 6.68. The average molecular weight is 228 g/mol. The highest BCUT2D eigenvalue weighted by molar-refractivity contribution is 6.17. The first-order chi connectivity index (χ1) is 6.42. The quantitative estimate of drug-likeness (QED) is 0.789. The molecule has 0 bridgehead atoms. The van der Waals surface area contributed by atoms with Crippen LogP contribution >= 0.6 is 11.6 Å². The van der Waals surface area contributed by atoms with Crippen LogP contribution in [-0.2, 0) is 5.88 Å². The Labute approximate surface area is 82.1 Å². The second-order valence-electron chi connectivity index (χ2n) is 2.32. The van der Waals surface area contributed by atoms with Crippen molar-refractivity contribution in [2.45, 2.75) is 12.2 Å². The molecule has 0 fully saturated rings. The zero-order valence-corrected chi connectivity index (χ0v) is 7.43. The minimum Gasteiger partial charge on any atom is -0.506 e. The van der Waals surface area contributed by atoms with Gasteiger partial charge >= 0.3 is 6.36 Å². The van der Waals surface area contributed by atoms with Gasteiger partial charge in [-0.25, -0.2) is 0 Å². The van der Waals surface area contributed by atoms with Gasteiger partial charge in [-0.1, -0.05) is 0 Å². The van der Waals surface area contributed by atoms with E-state index in [0.717, 1.165) is 12.3 Å². The van der Waals surface area contributed by atoms with E-state index < -0.39 is 17.9 Å². The summed E-state index contributed by atoms with van der Waals surface area (Å²) in [5, 5.41) is 8.88. The summed E-state index contributed by atoms with van der Waals surface area (Å²) < 4.78 is 39.0. The summed E-state index contributed by atoms with van der Waals surface area (Å²) >= 11 is 5.32. The maximum Gasteiger partial charge on any atom is 0.573 e. The van der Waals surface area contributed by atoms with Gasteiger partial charge in [0.25, 0.3) is 0 Å². The molecule has 0 aromatic carbocycles. The first kappa shape index (κ1) is 10.9. The molecule has 0 atom stereocenters. The highest BCUT2D eigenvalue weighted by atomic mass is 35.5. The maximum absolute atomic E-state index is 11.8. The standard InChI is InChI=1S/C7H5ClF3NO2/c8-2-5-6(14-7(9,10)11)1-4(13)3-12-5/h1,3,13H,2H2. The van der Waals surface area contributed by atoms with Crippen LogP contribution in [0.1, 0.15) is 5.69 Å². The molecular formula is C7H5ClF3NO2. The van der Waals surface area contributed by atoms with Crippen molar-refractivity contribution in [1.29, 1.82) is 0 Å². The lowest BCUT2D eigenvalue weighted by atomic mass is 10.3. The van der Waals surface area contributed by atoms with Crippen LogP contribution in [0.5, 0.6) is 11.5 Å². The SMILES string of the molecule is Oc1cnc(CCl)c(OC(F)(F)F)c1. The van der Waals surface area contributed by atoms with E-state index in [2.05, 4.69) is 9.72 Å². The van der Waals surface area contributed by atoms with Crippen LogP contribution in [0.25, 0.3) is 0 Å². The van der Waals surface area contributed by atoms with Gasteiger partial charge in [0.2, 0.25) is 0 Å². The van der Waals surface area contributed by atoms with Crippen LogP contribution in [0.3, 0.4) is 0 Å². The second kappa shape index (κ2) is 3.91. The fourth-order valence-electron chi connectivity index (χ4n) is 0.776. The zero-order chi connectivity index (χ0) is 10.8. The molecule has 0 unspecified atom stereocenters. The molecule has 1 N–H and O–H groups in total. The van der Waals surface area contributed by atoms with Crippen molar-refractivity contribution in [2.24, 2.45) is 0 Å². The van der Waals surface area contributed by atoms with Crippen molar-refractivity contribution in [1.82, 2.24) is 4.98 Å². The monoisotopic (exact) mass is 227 g/mol. The van der Waals surface area contributed by atoms with E-state index in [1.54, 1.807) is 0 Å².